The standard InChI is InChI=1S/C14H17N3O2/c1-3-10-18-11-6-4-5-7-12(11)19-13-8-9-16-14(15-2)17-13/h4-9H,3,10H2,1-2H3,(H,15,16,17). The van der Waals surface area contributed by atoms with Crippen LogP contribution in [0.3, 0.4) is 0 Å². The highest BCUT2D eigenvalue weighted by Crippen LogP contribution is 2.30. The molecule has 1 heterocycles. The Labute approximate surface area is 112 Å². The lowest BCUT2D eigenvalue weighted by atomic mass is 10.3. The van der Waals surface area contributed by atoms with Gasteiger partial charge in [0.2, 0.25) is 11.8 Å². The summed E-state index contributed by atoms with van der Waals surface area (Å²) in [6.45, 7) is 2.72. The van der Waals surface area contributed by atoms with Crippen LogP contribution in [0.15, 0.2) is 36.5 Å². The predicted octanol–water partition coefficient (Wildman–Crippen LogP) is 3.10. The maximum Gasteiger partial charge on any atom is 0.225 e. The highest BCUT2D eigenvalue weighted by atomic mass is 16.5. The first-order valence-corrected chi connectivity index (χ1v) is 6.24. The van der Waals surface area contributed by atoms with Gasteiger partial charge in [0.1, 0.15) is 0 Å². The van der Waals surface area contributed by atoms with Gasteiger partial charge in [0.05, 0.1) is 6.61 Å². The number of para-hydroxylation sites is 2. The Kier molecular flexibility index (Phi) is 4.55. The quantitative estimate of drug-likeness (QED) is 0.863. The van der Waals surface area contributed by atoms with Gasteiger partial charge in [0.15, 0.2) is 11.5 Å². The number of hydrogen-bond donors (Lipinski definition) is 1. The number of hydrogen-bond acceptors (Lipinski definition) is 5. The van der Waals surface area contributed by atoms with Gasteiger partial charge >= 0.3 is 0 Å². The minimum absolute atomic E-state index is 0.479. The highest BCUT2D eigenvalue weighted by Gasteiger charge is 2.06. The molecule has 0 bridgehead atoms. The van der Waals surface area contributed by atoms with Crippen molar-refractivity contribution in [2.24, 2.45) is 0 Å². The summed E-state index contributed by atoms with van der Waals surface area (Å²) in [4.78, 5) is 8.25. The molecule has 0 atom stereocenters. The molecule has 2 rings (SSSR count). The van der Waals surface area contributed by atoms with Crippen LogP contribution in [0, 0.1) is 0 Å². The molecule has 0 fully saturated rings. The minimum Gasteiger partial charge on any atom is -0.490 e. The van der Waals surface area contributed by atoms with Gasteiger partial charge in [0.25, 0.3) is 0 Å². The molecule has 1 aromatic carbocycles. The summed E-state index contributed by atoms with van der Waals surface area (Å²) in [5.41, 5.74) is 0. The van der Waals surface area contributed by atoms with E-state index in [9.17, 15) is 0 Å². The van der Waals surface area contributed by atoms with E-state index in [4.69, 9.17) is 9.47 Å². The van der Waals surface area contributed by atoms with Gasteiger partial charge in [-0.25, -0.2) is 4.98 Å². The van der Waals surface area contributed by atoms with E-state index in [0.29, 0.717) is 29.9 Å². The van der Waals surface area contributed by atoms with Crippen LogP contribution >= 0.6 is 0 Å². The molecule has 100 valence electrons. The van der Waals surface area contributed by atoms with Crippen molar-refractivity contribution in [1.82, 2.24) is 9.97 Å². The summed E-state index contributed by atoms with van der Waals surface area (Å²) >= 11 is 0. The van der Waals surface area contributed by atoms with Gasteiger partial charge in [-0.05, 0) is 18.6 Å². The van der Waals surface area contributed by atoms with Crippen LogP contribution in [-0.2, 0) is 0 Å². The Balaban J connectivity index is 2.17. The van der Waals surface area contributed by atoms with E-state index in [1.807, 2.05) is 24.3 Å². The van der Waals surface area contributed by atoms with E-state index in [0.717, 1.165) is 6.42 Å². The molecule has 0 unspecified atom stereocenters. The van der Waals surface area contributed by atoms with Crippen molar-refractivity contribution in [2.75, 3.05) is 19.0 Å². The van der Waals surface area contributed by atoms with Crippen LogP contribution in [0.1, 0.15) is 13.3 Å². The van der Waals surface area contributed by atoms with Crippen LogP contribution in [-0.4, -0.2) is 23.6 Å². The van der Waals surface area contributed by atoms with Gasteiger partial charge < -0.3 is 14.8 Å². The predicted molar refractivity (Wildman–Crippen MR) is 73.9 cm³/mol. The lowest BCUT2D eigenvalue weighted by Gasteiger charge is -2.11. The fraction of sp³-hybridized carbons (Fsp3) is 0.286. The fourth-order valence-corrected chi connectivity index (χ4v) is 1.50. The van der Waals surface area contributed by atoms with Crippen molar-refractivity contribution in [3.63, 3.8) is 0 Å². The first-order valence-electron chi connectivity index (χ1n) is 6.24. The van der Waals surface area contributed by atoms with Crippen LogP contribution in [0.5, 0.6) is 17.4 Å². The maximum absolute atomic E-state index is 5.73. The second kappa shape index (κ2) is 6.58. The molecule has 5 nitrogen and oxygen atoms in total. The lowest BCUT2D eigenvalue weighted by Crippen LogP contribution is -1.99. The third-order valence-corrected chi connectivity index (χ3v) is 2.38. The molecule has 1 N–H and O–H groups in total. The van der Waals surface area contributed by atoms with Crippen LogP contribution in [0.2, 0.25) is 0 Å². The minimum atomic E-state index is 0.479. The molecular formula is C14H17N3O2. The average molecular weight is 259 g/mol. The molecule has 0 saturated heterocycles. The van der Waals surface area contributed by atoms with E-state index in [2.05, 4.69) is 22.2 Å². The molecule has 1 aromatic heterocycles. The molecule has 0 amide bonds. The van der Waals surface area contributed by atoms with E-state index in [1.165, 1.54) is 0 Å². The molecule has 2 aromatic rings. The number of nitrogens with one attached hydrogen (secondary N) is 1. The Morgan fingerprint density at radius 1 is 1.16 bits per heavy atom. The molecule has 0 saturated carbocycles. The summed E-state index contributed by atoms with van der Waals surface area (Å²) < 4.78 is 11.4. The average Bonchev–Trinajstić information content (AvgIpc) is 2.46. The SMILES string of the molecule is CCCOc1ccccc1Oc1ccnc(NC)n1. The molecule has 0 radical (unpaired) electrons. The molecule has 0 aliphatic rings. The topological polar surface area (TPSA) is 56.3 Å². The molecule has 0 aliphatic heterocycles. The van der Waals surface area contributed by atoms with Crippen LogP contribution in [0.25, 0.3) is 0 Å². The zero-order chi connectivity index (χ0) is 13.5. The molecule has 5 heteroatoms. The van der Waals surface area contributed by atoms with E-state index in [1.54, 1.807) is 19.3 Å². The Morgan fingerprint density at radius 2 is 1.95 bits per heavy atom. The summed E-state index contributed by atoms with van der Waals surface area (Å²) in [6.07, 6.45) is 2.59. The number of rotatable bonds is 6. The van der Waals surface area contributed by atoms with Crippen LogP contribution < -0.4 is 14.8 Å². The van der Waals surface area contributed by atoms with Crippen LogP contribution in [0.4, 0.5) is 5.95 Å². The molecule has 19 heavy (non-hydrogen) atoms. The molecule has 0 aliphatic carbocycles. The Hall–Kier alpha value is -2.30. The number of benzene rings is 1. The van der Waals surface area contributed by atoms with Crippen molar-refractivity contribution in [3.8, 4) is 17.4 Å². The van der Waals surface area contributed by atoms with Crippen molar-refractivity contribution in [2.45, 2.75) is 13.3 Å². The van der Waals surface area contributed by atoms with E-state index < -0.39 is 0 Å². The lowest BCUT2D eigenvalue weighted by molar-refractivity contribution is 0.301. The molecule has 0 spiro atoms. The van der Waals surface area contributed by atoms with Gasteiger partial charge in [-0.2, -0.15) is 4.98 Å². The van der Waals surface area contributed by atoms with Gasteiger partial charge in [-0.3, -0.25) is 0 Å². The van der Waals surface area contributed by atoms with Crippen molar-refractivity contribution in [3.05, 3.63) is 36.5 Å². The largest absolute Gasteiger partial charge is 0.490 e. The summed E-state index contributed by atoms with van der Waals surface area (Å²) in [5.74, 6) is 2.36. The zero-order valence-corrected chi connectivity index (χ0v) is 11.1. The van der Waals surface area contributed by atoms with E-state index in [-0.39, 0.29) is 0 Å². The van der Waals surface area contributed by atoms with Crippen molar-refractivity contribution in [1.29, 1.82) is 0 Å². The summed E-state index contributed by atoms with van der Waals surface area (Å²) in [7, 11) is 1.76. The molecular weight excluding hydrogens is 242 g/mol. The Bertz CT molecular complexity index is 532. The number of anilines is 1. The number of ether oxygens (including phenoxy) is 2. The highest BCUT2D eigenvalue weighted by molar-refractivity contribution is 5.42. The van der Waals surface area contributed by atoms with Gasteiger partial charge in [-0.15, -0.1) is 0 Å². The summed E-state index contributed by atoms with van der Waals surface area (Å²) in [5, 5.41) is 2.87. The smallest absolute Gasteiger partial charge is 0.225 e. The second-order valence-electron chi connectivity index (χ2n) is 3.87. The number of nitrogens with zero attached hydrogens (tertiary/aromatic N) is 2. The summed E-state index contributed by atoms with van der Waals surface area (Å²) in [6, 6.07) is 9.25. The first-order chi connectivity index (χ1) is 9.33. The normalized spacial score (nSPS) is 10.0. The Morgan fingerprint density at radius 3 is 2.68 bits per heavy atom. The third kappa shape index (κ3) is 3.58. The maximum atomic E-state index is 5.73. The zero-order valence-electron chi connectivity index (χ0n) is 11.1. The van der Waals surface area contributed by atoms with E-state index >= 15 is 0 Å². The first kappa shape index (κ1) is 13.1. The van der Waals surface area contributed by atoms with Gasteiger partial charge in [0, 0.05) is 19.3 Å². The van der Waals surface area contributed by atoms with Crippen molar-refractivity contribution < 1.29 is 9.47 Å². The monoisotopic (exact) mass is 259 g/mol. The number of aromatic nitrogens is 2. The second-order valence-corrected chi connectivity index (χ2v) is 3.87. The third-order valence-electron chi connectivity index (χ3n) is 2.38. The fourth-order valence-electron chi connectivity index (χ4n) is 1.50. The van der Waals surface area contributed by atoms with Crippen molar-refractivity contribution >= 4 is 5.95 Å². The van der Waals surface area contributed by atoms with Gasteiger partial charge in [-0.1, -0.05) is 19.1 Å².